The molecule has 0 amide bonds. The second kappa shape index (κ2) is 10.3. The van der Waals surface area contributed by atoms with Crippen LogP contribution in [0.2, 0.25) is 0 Å². The molecule has 1 heterocycles. The van der Waals surface area contributed by atoms with Crippen molar-refractivity contribution >= 4 is 39.6 Å². The molecule has 0 aliphatic carbocycles. The molecule has 0 bridgehead atoms. The maximum Gasteiger partial charge on any atom is 0.363 e. The number of esters is 1. The van der Waals surface area contributed by atoms with E-state index < -0.39 is 10.9 Å². The molecule has 4 rings (SSSR count). The Labute approximate surface area is 203 Å². The van der Waals surface area contributed by atoms with Gasteiger partial charge in [-0.05, 0) is 64.3 Å². The van der Waals surface area contributed by atoms with Gasteiger partial charge in [-0.1, -0.05) is 30.3 Å². The minimum Gasteiger partial charge on any atom is -0.490 e. The number of nitro benzene ring substituents is 1. The van der Waals surface area contributed by atoms with Crippen LogP contribution in [0.25, 0.3) is 6.08 Å². The summed E-state index contributed by atoms with van der Waals surface area (Å²) in [4.78, 5) is 27.2. The van der Waals surface area contributed by atoms with E-state index >= 15 is 0 Å². The summed E-state index contributed by atoms with van der Waals surface area (Å²) in [5.41, 5.74) is 2.17. The molecule has 3 aromatic rings. The average molecular weight is 523 g/mol. The number of nitrogens with zero attached hydrogens (tertiary/aromatic N) is 2. The number of hydrogen-bond donors (Lipinski definition) is 0. The summed E-state index contributed by atoms with van der Waals surface area (Å²) in [5.74, 6) is 0.600. The first-order valence-electron chi connectivity index (χ1n) is 10.3. The second-order valence-electron chi connectivity index (χ2n) is 7.18. The molecule has 0 radical (unpaired) electrons. The molecule has 0 saturated carbocycles. The van der Waals surface area contributed by atoms with Crippen molar-refractivity contribution in [3.8, 4) is 11.5 Å². The van der Waals surface area contributed by atoms with Crippen LogP contribution in [0.1, 0.15) is 23.6 Å². The van der Waals surface area contributed by atoms with E-state index in [1.165, 1.54) is 12.1 Å². The number of cyclic esters (lactones) is 1. The lowest BCUT2D eigenvalue weighted by atomic mass is 10.1. The summed E-state index contributed by atoms with van der Waals surface area (Å²) >= 11 is 3.50. The van der Waals surface area contributed by atoms with Gasteiger partial charge in [-0.2, -0.15) is 0 Å². The topological polar surface area (TPSA) is 100 Å². The lowest BCUT2D eigenvalue weighted by molar-refractivity contribution is -0.384. The number of ether oxygens (including phenoxy) is 3. The van der Waals surface area contributed by atoms with Gasteiger partial charge in [0.2, 0.25) is 5.90 Å². The largest absolute Gasteiger partial charge is 0.490 e. The predicted molar refractivity (Wildman–Crippen MR) is 130 cm³/mol. The summed E-state index contributed by atoms with van der Waals surface area (Å²) in [6, 6.07) is 18.9. The Balaban J connectivity index is 1.60. The Hall–Kier alpha value is -3.98. The molecule has 0 saturated heterocycles. The number of halogens is 1. The Morgan fingerprint density at radius 2 is 1.88 bits per heavy atom. The Morgan fingerprint density at radius 3 is 2.62 bits per heavy atom. The van der Waals surface area contributed by atoms with Crippen molar-refractivity contribution in [1.82, 2.24) is 0 Å². The number of nitro groups is 1. The first kappa shape index (κ1) is 23.2. The quantitative estimate of drug-likeness (QED) is 0.163. The number of aliphatic imine (C=N–C) groups is 1. The molecule has 9 heteroatoms. The molecular formula is C25H19BrN2O6. The van der Waals surface area contributed by atoms with Crippen molar-refractivity contribution in [1.29, 1.82) is 0 Å². The van der Waals surface area contributed by atoms with Crippen molar-refractivity contribution in [3.63, 3.8) is 0 Å². The van der Waals surface area contributed by atoms with Gasteiger partial charge in [-0.3, -0.25) is 10.1 Å². The molecule has 0 spiro atoms. The minimum absolute atomic E-state index is 0.00829. The molecule has 1 aliphatic rings. The summed E-state index contributed by atoms with van der Waals surface area (Å²) in [6.45, 7) is 2.34. The van der Waals surface area contributed by atoms with E-state index in [2.05, 4.69) is 20.9 Å². The van der Waals surface area contributed by atoms with Gasteiger partial charge in [0, 0.05) is 17.7 Å². The third-order valence-electron chi connectivity index (χ3n) is 4.78. The Kier molecular flexibility index (Phi) is 7.03. The van der Waals surface area contributed by atoms with Crippen LogP contribution in [-0.4, -0.2) is 23.4 Å². The van der Waals surface area contributed by atoms with E-state index in [0.29, 0.717) is 39.3 Å². The van der Waals surface area contributed by atoms with E-state index in [1.807, 2.05) is 37.3 Å². The highest BCUT2D eigenvalue weighted by Crippen LogP contribution is 2.38. The minimum atomic E-state index is -0.543. The van der Waals surface area contributed by atoms with E-state index in [9.17, 15) is 14.9 Å². The number of benzene rings is 3. The van der Waals surface area contributed by atoms with E-state index in [0.717, 1.165) is 0 Å². The van der Waals surface area contributed by atoms with E-state index in [-0.39, 0.29) is 23.9 Å². The van der Waals surface area contributed by atoms with Gasteiger partial charge in [0.25, 0.3) is 5.69 Å². The molecule has 172 valence electrons. The molecule has 0 N–H and O–H groups in total. The maximum atomic E-state index is 12.3. The fourth-order valence-corrected chi connectivity index (χ4v) is 3.84. The van der Waals surface area contributed by atoms with Crippen LogP contribution in [0.5, 0.6) is 11.5 Å². The van der Waals surface area contributed by atoms with Gasteiger partial charge < -0.3 is 14.2 Å². The third-order valence-corrected chi connectivity index (χ3v) is 5.37. The first-order chi connectivity index (χ1) is 16.4. The fourth-order valence-electron chi connectivity index (χ4n) is 3.26. The smallest absolute Gasteiger partial charge is 0.363 e. The average Bonchev–Trinajstić information content (AvgIpc) is 3.19. The second-order valence-corrected chi connectivity index (χ2v) is 8.04. The van der Waals surface area contributed by atoms with Crippen LogP contribution in [0.4, 0.5) is 5.69 Å². The molecule has 3 aromatic carbocycles. The summed E-state index contributed by atoms with van der Waals surface area (Å²) < 4.78 is 17.6. The summed E-state index contributed by atoms with van der Waals surface area (Å²) in [5, 5.41) is 11.0. The number of hydrogen-bond acceptors (Lipinski definition) is 7. The van der Waals surface area contributed by atoms with Gasteiger partial charge in [-0.15, -0.1) is 0 Å². The number of rotatable bonds is 8. The number of carbonyl (C=O) groups is 1. The van der Waals surface area contributed by atoms with E-state index in [1.54, 1.807) is 30.3 Å². The molecule has 1 aliphatic heterocycles. The van der Waals surface area contributed by atoms with Crippen LogP contribution >= 0.6 is 15.9 Å². The fraction of sp³-hybridized carbons (Fsp3) is 0.120. The number of non-ortho nitro benzene ring substituents is 1. The van der Waals surface area contributed by atoms with Crippen molar-refractivity contribution < 1.29 is 23.9 Å². The highest BCUT2D eigenvalue weighted by molar-refractivity contribution is 9.10. The van der Waals surface area contributed by atoms with Crippen LogP contribution < -0.4 is 9.47 Å². The van der Waals surface area contributed by atoms with E-state index in [4.69, 9.17) is 14.2 Å². The number of carbonyl (C=O) groups excluding carboxylic acids is 1. The Morgan fingerprint density at radius 1 is 1.09 bits per heavy atom. The lowest BCUT2D eigenvalue weighted by Crippen LogP contribution is -2.05. The van der Waals surface area contributed by atoms with Crippen molar-refractivity contribution in [3.05, 3.63) is 104 Å². The molecule has 0 atom stereocenters. The van der Waals surface area contributed by atoms with Gasteiger partial charge in [0.1, 0.15) is 6.61 Å². The molecular weight excluding hydrogens is 504 g/mol. The summed E-state index contributed by atoms with van der Waals surface area (Å²) in [6.07, 6.45) is 1.61. The van der Waals surface area contributed by atoms with Gasteiger partial charge >= 0.3 is 5.97 Å². The molecule has 34 heavy (non-hydrogen) atoms. The first-order valence-corrected chi connectivity index (χ1v) is 11.1. The van der Waals surface area contributed by atoms with Gasteiger partial charge in [0.05, 0.1) is 16.0 Å². The molecule has 0 fully saturated rings. The van der Waals surface area contributed by atoms with Crippen molar-refractivity contribution in [2.45, 2.75) is 13.5 Å². The van der Waals surface area contributed by atoms with Gasteiger partial charge in [-0.25, -0.2) is 9.79 Å². The third kappa shape index (κ3) is 5.32. The van der Waals surface area contributed by atoms with Crippen LogP contribution in [0.3, 0.4) is 0 Å². The van der Waals surface area contributed by atoms with Crippen LogP contribution in [0, 0.1) is 10.1 Å². The zero-order valence-electron chi connectivity index (χ0n) is 18.1. The van der Waals surface area contributed by atoms with Crippen molar-refractivity contribution in [2.24, 2.45) is 4.99 Å². The highest BCUT2D eigenvalue weighted by atomic mass is 79.9. The molecule has 0 unspecified atom stereocenters. The zero-order valence-corrected chi connectivity index (χ0v) is 19.7. The lowest BCUT2D eigenvalue weighted by Gasteiger charge is -2.15. The highest BCUT2D eigenvalue weighted by Gasteiger charge is 2.24. The monoisotopic (exact) mass is 522 g/mol. The zero-order chi connectivity index (χ0) is 24.1. The SMILES string of the molecule is CCOc1cc(/C=C2\N=C(c3ccccc3)OC2=O)cc(Br)c1OCc1cccc([N+](=O)[O-])c1. The van der Waals surface area contributed by atoms with Crippen LogP contribution in [0.15, 0.2) is 81.9 Å². The normalized spacial score (nSPS) is 14.0. The van der Waals surface area contributed by atoms with Gasteiger partial charge in [0.15, 0.2) is 17.2 Å². The maximum absolute atomic E-state index is 12.3. The predicted octanol–water partition coefficient (Wildman–Crippen LogP) is 5.68. The standard InChI is InChI=1S/C25H19BrN2O6/c1-2-32-22-14-17(13-21-25(29)34-24(27-21)18-8-4-3-5-9-18)12-20(26)23(22)33-15-16-7-6-10-19(11-16)28(30)31/h3-14H,2,15H2,1H3/b21-13-. The van der Waals surface area contributed by atoms with Crippen molar-refractivity contribution in [2.75, 3.05) is 6.61 Å². The molecule has 8 nitrogen and oxygen atoms in total. The molecule has 0 aromatic heterocycles. The Bertz CT molecular complexity index is 1300. The summed E-state index contributed by atoms with van der Waals surface area (Å²) in [7, 11) is 0. The van der Waals surface area contributed by atoms with Crippen LogP contribution in [-0.2, 0) is 16.1 Å².